The van der Waals surface area contributed by atoms with Crippen LogP contribution in [-0.2, 0) is 24.7 Å². The van der Waals surface area contributed by atoms with Crippen molar-refractivity contribution < 1.29 is 29.6 Å². The Bertz CT molecular complexity index is 13.5. The normalized spacial score (nSPS) is 5.25. The molecule has 0 heterocycles. The Morgan fingerprint density at radius 3 is 1.75 bits per heavy atom. The van der Waals surface area contributed by atoms with Gasteiger partial charge in [-0.2, -0.15) is 4.89 Å². The SMILES string of the molecule is O=[PH+]O.[Ir]. The first-order chi connectivity index (χ1) is 1.41. The monoisotopic (exact) mass is 258 g/mol. The minimum absolute atomic E-state index is 0. The van der Waals surface area contributed by atoms with Crippen molar-refractivity contribution in [3.63, 3.8) is 0 Å². The molecule has 0 spiro atoms. The predicted octanol–water partition coefficient (Wildman–Crippen LogP) is -0.0848. The Morgan fingerprint density at radius 2 is 1.75 bits per heavy atom. The van der Waals surface area contributed by atoms with E-state index >= 15 is 0 Å². The van der Waals surface area contributed by atoms with Crippen LogP contribution < -0.4 is 0 Å². The van der Waals surface area contributed by atoms with Crippen molar-refractivity contribution in [1.29, 1.82) is 0 Å². The maximum Gasteiger partial charge on any atom is 0.491 e. The summed E-state index contributed by atoms with van der Waals surface area (Å²) >= 11 is 0. The third kappa shape index (κ3) is 15.7. The third-order valence-corrected chi connectivity index (χ3v) is 0. The summed E-state index contributed by atoms with van der Waals surface area (Å²) in [7, 11) is -1.17. The first-order valence-corrected chi connectivity index (χ1v) is 1.28. The van der Waals surface area contributed by atoms with Gasteiger partial charge in [0.1, 0.15) is 0 Å². The second-order valence-electron chi connectivity index (χ2n) is 0.0913. The molecular weight excluding hydrogens is 255 g/mol. The molecule has 2 nitrogen and oxygen atoms in total. The van der Waals surface area contributed by atoms with Crippen LogP contribution in [0.1, 0.15) is 0 Å². The molecule has 1 unspecified atom stereocenters. The van der Waals surface area contributed by atoms with Gasteiger partial charge in [0.05, 0.1) is 0 Å². The van der Waals surface area contributed by atoms with Gasteiger partial charge in [0, 0.05) is 20.1 Å². The van der Waals surface area contributed by atoms with Crippen LogP contribution in [0.3, 0.4) is 0 Å². The molecule has 0 fully saturated rings. The topological polar surface area (TPSA) is 37.3 Å². The Hall–Kier alpha value is 0.709. The number of hydrogen-bond donors (Lipinski definition) is 1. The zero-order chi connectivity index (χ0) is 2.71. The summed E-state index contributed by atoms with van der Waals surface area (Å²) in [6.45, 7) is 0. The van der Waals surface area contributed by atoms with Gasteiger partial charge in [0.2, 0.25) is 0 Å². The minimum atomic E-state index is -1.17. The van der Waals surface area contributed by atoms with E-state index in [1.165, 1.54) is 0 Å². The van der Waals surface area contributed by atoms with Crippen LogP contribution in [0.15, 0.2) is 0 Å². The fourth-order valence-electron chi connectivity index (χ4n) is 0. The summed E-state index contributed by atoms with van der Waals surface area (Å²) in [6, 6.07) is 0. The fourth-order valence-corrected chi connectivity index (χ4v) is 0. The molecule has 0 rings (SSSR count). The van der Waals surface area contributed by atoms with E-state index in [9.17, 15) is 0 Å². The van der Waals surface area contributed by atoms with E-state index in [1.807, 2.05) is 0 Å². The van der Waals surface area contributed by atoms with Crippen molar-refractivity contribution in [2.24, 2.45) is 0 Å². The van der Waals surface area contributed by atoms with Crippen LogP contribution in [0.2, 0.25) is 0 Å². The van der Waals surface area contributed by atoms with E-state index in [0.717, 1.165) is 0 Å². The van der Waals surface area contributed by atoms with Crippen LogP contribution >= 0.6 is 8.69 Å². The van der Waals surface area contributed by atoms with Crippen molar-refractivity contribution in [3.8, 4) is 0 Å². The van der Waals surface area contributed by atoms with Gasteiger partial charge in [-0.05, 0) is 4.57 Å². The minimum Gasteiger partial charge on any atom is -0.162 e. The van der Waals surface area contributed by atoms with Crippen molar-refractivity contribution in [2.45, 2.75) is 0 Å². The Kier molecular flexibility index (Phi) is 20.6. The second kappa shape index (κ2) is 9.32. The van der Waals surface area contributed by atoms with Gasteiger partial charge in [-0.1, -0.05) is 0 Å². The molecule has 27 valence electrons. The zero-order valence-corrected chi connectivity index (χ0v) is 5.08. The molecule has 1 radical (unpaired) electrons. The van der Waals surface area contributed by atoms with Gasteiger partial charge in [0.25, 0.3) is 0 Å². The largest absolute Gasteiger partial charge is 0.491 e. The summed E-state index contributed by atoms with van der Waals surface area (Å²) in [6.07, 6.45) is 0. The third-order valence-electron chi connectivity index (χ3n) is 0. The van der Waals surface area contributed by atoms with Crippen LogP contribution in [0.25, 0.3) is 0 Å². The van der Waals surface area contributed by atoms with E-state index in [0.29, 0.717) is 0 Å². The van der Waals surface area contributed by atoms with E-state index in [2.05, 4.69) is 0 Å². The Balaban J connectivity index is 0. The first-order valence-electron chi connectivity index (χ1n) is 0.428. The molecule has 1 atom stereocenters. The molecule has 0 aromatic heterocycles. The fraction of sp³-hybridized carbons (Fsp3) is 0. The second-order valence-corrected chi connectivity index (χ2v) is 0.274. The van der Waals surface area contributed by atoms with Gasteiger partial charge in [-0.3, -0.25) is 0 Å². The molecule has 0 amide bonds. The summed E-state index contributed by atoms with van der Waals surface area (Å²) in [5.41, 5.74) is 0. The maximum absolute atomic E-state index is 8.51. The summed E-state index contributed by atoms with van der Waals surface area (Å²) in [5.74, 6) is 0. The molecule has 4 heteroatoms. The first kappa shape index (κ1) is 8.83. The smallest absolute Gasteiger partial charge is 0.162 e. The predicted molar refractivity (Wildman–Crippen MR) is 11.2 cm³/mol. The number of rotatable bonds is 0. The molecule has 0 aliphatic heterocycles. The van der Waals surface area contributed by atoms with Crippen LogP contribution in [-0.4, -0.2) is 4.89 Å². The zero-order valence-electron chi connectivity index (χ0n) is 1.69. The summed E-state index contributed by atoms with van der Waals surface area (Å²) < 4.78 is 8.51. The molecule has 0 bridgehead atoms. The van der Waals surface area contributed by atoms with Gasteiger partial charge in [0.15, 0.2) is 0 Å². The Morgan fingerprint density at radius 1 is 1.75 bits per heavy atom. The summed E-state index contributed by atoms with van der Waals surface area (Å²) in [5, 5.41) is 0. The van der Waals surface area contributed by atoms with Crippen molar-refractivity contribution in [1.82, 2.24) is 0 Å². The average Bonchev–Trinajstić information content (AvgIpc) is 0.918. The van der Waals surface area contributed by atoms with Gasteiger partial charge < -0.3 is 0 Å². The van der Waals surface area contributed by atoms with Gasteiger partial charge >= 0.3 is 8.69 Å². The number of hydrogen-bond acceptors (Lipinski definition) is 1. The maximum atomic E-state index is 8.51. The molecule has 0 aliphatic carbocycles. The van der Waals surface area contributed by atoms with Crippen LogP contribution in [0, 0.1) is 0 Å². The molecule has 0 aliphatic rings. The van der Waals surface area contributed by atoms with Crippen LogP contribution in [0.4, 0.5) is 0 Å². The standard InChI is InChI=1S/Ir.HO2P/c;1-3-2/h;3H/p+1. The van der Waals surface area contributed by atoms with Crippen molar-refractivity contribution in [3.05, 3.63) is 0 Å². The average molecular weight is 257 g/mol. The van der Waals surface area contributed by atoms with Crippen LogP contribution in [0.5, 0.6) is 0 Å². The molecule has 4 heavy (non-hydrogen) atoms. The van der Waals surface area contributed by atoms with Crippen molar-refractivity contribution >= 4 is 8.69 Å². The van der Waals surface area contributed by atoms with E-state index < -0.39 is 8.69 Å². The quantitative estimate of drug-likeness (QED) is 0.616. The van der Waals surface area contributed by atoms with Crippen molar-refractivity contribution in [2.75, 3.05) is 0 Å². The molecule has 0 saturated carbocycles. The summed E-state index contributed by atoms with van der Waals surface area (Å²) in [4.78, 5) is 7.04. The molecular formula is H2IrO2P+. The van der Waals surface area contributed by atoms with E-state index in [1.54, 1.807) is 0 Å². The van der Waals surface area contributed by atoms with E-state index in [4.69, 9.17) is 9.46 Å². The molecule has 0 aromatic carbocycles. The van der Waals surface area contributed by atoms with Gasteiger partial charge in [-0.15, -0.1) is 0 Å². The molecule has 1 N–H and O–H groups in total. The molecule has 0 aromatic rings. The van der Waals surface area contributed by atoms with E-state index in [-0.39, 0.29) is 20.1 Å². The van der Waals surface area contributed by atoms with Gasteiger partial charge in [-0.25, -0.2) is 0 Å². The molecule has 0 saturated heterocycles. The Labute approximate surface area is 38.9 Å².